The summed E-state index contributed by atoms with van der Waals surface area (Å²) in [5, 5.41) is 0. The number of aromatic nitrogens is 1. The Bertz CT molecular complexity index is 926. The summed E-state index contributed by atoms with van der Waals surface area (Å²) in [6.45, 7) is 9.14. The molecule has 1 aromatic carbocycles. The van der Waals surface area contributed by atoms with Gasteiger partial charge in [0.2, 0.25) is 0 Å². The van der Waals surface area contributed by atoms with Crippen molar-refractivity contribution in [2.75, 3.05) is 5.75 Å². The molecular formula is C21H25HgNO2S. The van der Waals surface area contributed by atoms with E-state index in [9.17, 15) is 4.79 Å². The zero-order valence-corrected chi connectivity index (χ0v) is 22.4. The fourth-order valence-corrected chi connectivity index (χ4v) is 13.3. The number of carbonyl (C=O) groups excluding carboxylic acids is 1. The van der Waals surface area contributed by atoms with Gasteiger partial charge >= 0.3 is 171 Å². The number of aryl methyl sites for hydroxylation is 3. The zero-order chi connectivity index (χ0) is 18.7. The van der Waals surface area contributed by atoms with Crippen LogP contribution in [0.25, 0.3) is 11.1 Å². The number of rotatable bonds is 8. The van der Waals surface area contributed by atoms with Gasteiger partial charge in [-0.15, -0.1) is 0 Å². The Labute approximate surface area is 170 Å². The van der Waals surface area contributed by atoms with Crippen LogP contribution in [0.1, 0.15) is 52.7 Å². The molecular weight excluding hydrogens is 531 g/mol. The molecule has 3 rings (SSSR count). The van der Waals surface area contributed by atoms with Crippen LogP contribution in [-0.4, -0.2) is 13.6 Å². The Morgan fingerprint density at radius 2 is 2.00 bits per heavy atom. The van der Waals surface area contributed by atoms with Gasteiger partial charge in [-0.25, -0.2) is 0 Å². The molecule has 0 amide bonds. The van der Waals surface area contributed by atoms with Crippen LogP contribution in [0.15, 0.2) is 34.7 Å². The molecule has 134 valence electrons. The van der Waals surface area contributed by atoms with Crippen LogP contribution in [0.3, 0.4) is 0 Å². The van der Waals surface area contributed by atoms with Gasteiger partial charge in [0.25, 0.3) is 0 Å². The van der Waals surface area contributed by atoms with Gasteiger partial charge < -0.3 is 0 Å². The van der Waals surface area contributed by atoms with Crippen LogP contribution < -0.4 is 0 Å². The van der Waals surface area contributed by atoms with Gasteiger partial charge in [-0.3, -0.25) is 0 Å². The molecule has 0 unspecified atom stereocenters. The SMILES string of the molecule is CCCC[S][Hg][C](=O)c1cc2oc(C)cc2n1Cc1cc(C)ccc1C. The molecule has 26 heavy (non-hydrogen) atoms. The maximum atomic E-state index is 12.9. The number of benzene rings is 1. The van der Waals surface area contributed by atoms with Crippen molar-refractivity contribution in [3.05, 3.63) is 58.5 Å². The summed E-state index contributed by atoms with van der Waals surface area (Å²) >= 11 is -1.64. The fourth-order valence-electron chi connectivity index (χ4n) is 3.19. The van der Waals surface area contributed by atoms with Gasteiger partial charge in [-0.1, -0.05) is 0 Å². The molecule has 5 heteroatoms. The van der Waals surface area contributed by atoms with Gasteiger partial charge in [0.15, 0.2) is 0 Å². The van der Waals surface area contributed by atoms with Crippen LogP contribution in [0.4, 0.5) is 0 Å². The van der Waals surface area contributed by atoms with E-state index in [0.717, 1.165) is 34.9 Å². The summed E-state index contributed by atoms with van der Waals surface area (Å²) in [5.74, 6) is 2.03. The second-order valence-corrected chi connectivity index (χ2v) is 18.7. The third kappa shape index (κ3) is 4.45. The van der Waals surface area contributed by atoms with Crippen LogP contribution >= 0.6 is 8.24 Å². The quantitative estimate of drug-likeness (QED) is 0.257. The Hall–Kier alpha value is -1.00. The maximum absolute atomic E-state index is 12.9. The first-order valence-corrected chi connectivity index (χ1v) is 19.9. The molecule has 0 saturated heterocycles. The van der Waals surface area contributed by atoms with Crippen molar-refractivity contribution in [3.63, 3.8) is 0 Å². The Morgan fingerprint density at radius 1 is 1.19 bits per heavy atom. The predicted molar refractivity (Wildman–Crippen MR) is 106 cm³/mol. The minimum absolute atomic E-state index is 0.403. The second kappa shape index (κ2) is 8.79. The summed E-state index contributed by atoms with van der Waals surface area (Å²) in [7, 11) is 1.95. The van der Waals surface area contributed by atoms with Crippen LogP contribution in [0.2, 0.25) is 0 Å². The van der Waals surface area contributed by atoms with Crippen molar-refractivity contribution in [2.45, 2.75) is 47.1 Å². The minimum atomic E-state index is -1.64. The fraction of sp³-hybridized carbons (Fsp3) is 0.381. The van der Waals surface area contributed by atoms with Crippen molar-refractivity contribution >= 4 is 22.6 Å². The molecule has 0 fully saturated rings. The van der Waals surface area contributed by atoms with Crippen LogP contribution in [0.5, 0.6) is 0 Å². The molecule has 0 saturated carbocycles. The summed E-state index contributed by atoms with van der Waals surface area (Å²) in [5.41, 5.74) is 6.51. The first kappa shape index (κ1) is 19.7. The van der Waals surface area contributed by atoms with E-state index in [2.05, 4.69) is 49.6 Å². The molecule has 2 heterocycles. The van der Waals surface area contributed by atoms with Crippen molar-refractivity contribution in [1.82, 2.24) is 4.57 Å². The number of hydrogen-bond acceptors (Lipinski definition) is 3. The normalized spacial score (nSPS) is 11.1. The number of nitrogens with zero attached hydrogens (tertiary/aromatic N) is 1. The topological polar surface area (TPSA) is 35.1 Å². The van der Waals surface area contributed by atoms with E-state index in [1.807, 2.05) is 21.2 Å². The van der Waals surface area contributed by atoms with E-state index in [4.69, 9.17) is 4.42 Å². The summed E-state index contributed by atoms with van der Waals surface area (Å²) < 4.78 is 8.40. The number of hydrogen-bond donors (Lipinski definition) is 0. The van der Waals surface area contributed by atoms with Crippen molar-refractivity contribution in [3.8, 4) is 0 Å². The molecule has 0 aliphatic heterocycles. The van der Waals surface area contributed by atoms with E-state index >= 15 is 0 Å². The second-order valence-electron chi connectivity index (χ2n) is 6.98. The first-order chi connectivity index (χ1) is 12.5. The Balaban J connectivity index is 1.93. The van der Waals surface area contributed by atoms with Crippen molar-refractivity contribution < 1.29 is 32.3 Å². The number of fused-ring (bicyclic) bond motifs is 1. The first-order valence-electron chi connectivity index (χ1n) is 9.26. The molecule has 0 N–H and O–H groups in total. The number of furan rings is 1. The Morgan fingerprint density at radius 3 is 2.77 bits per heavy atom. The molecule has 0 atom stereocenters. The average molecular weight is 556 g/mol. The molecule has 3 aromatic rings. The molecule has 0 aliphatic rings. The molecule has 2 aromatic heterocycles. The van der Waals surface area contributed by atoms with Crippen LogP contribution in [-0.2, 0) is 29.6 Å². The van der Waals surface area contributed by atoms with Gasteiger partial charge in [0, 0.05) is 0 Å². The van der Waals surface area contributed by atoms with Crippen molar-refractivity contribution in [1.29, 1.82) is 0 Å². The molecule has 0 bridgehead atoms. The van der Waals surface area contributed by atoms with Gasteiger partial charge in [-0.2, -0.15) is 0 Å². The summed E-state index contributed by atoms with van der Waals surface area (Å²) in [6, 6.07) is 10.5. The van der Waals surface area contributed by atoms with E-state index in [1.54, 1.807) is 0 Å². The van der Waals surface area contributed by atoms with Gasteiger partial charge in [0.05, 0.1) is 0 Å². The summed E-state index contributed by atoms with van der Waals surface area (Å²) in [4.78, 5) is 12.9. The molecule has 0 aliphatic carbocycles. The predicted octanol–water partition coefficient (Wildman–Crippen LogP) is 5.88. The van der Waals surface area contributed by atoms with E-state index < -0.39 is 23.1 Å². The summed E-state index contributed by atoms with van der Waals surface area (Å²) in [6.07, 6.45) is 2.41. The van der Waals surface area contributed by atoms with E-state index in [1.165, 1.54) is 29.5 Å². The van der Waals surface area contributed by atoms with Crippen LogP contribution in [0, 0.1) is 20.8 Å². The van der Waals surface area contributed by atoms with Gasteiger partial charge in [-0.05, 0) is 0 Å². The Kier molecular flexibility index (Phi) is 6.68. The third-order valence-electron chi connectivity index (χ3n) is 4.71. The van der Waals surface area contributed by atoms with E-state index in [-0.39, 0.29) is 0 Å². The number of carbonyl (C=O) groups is 1. The number of unbranched alkanes of at least 4 members (excludes halogenated alkanes) is 1. The van der Waals surface area contributed by atoms with E-state index in [0.29, 0.717) is 3.29 Å². The van der Waals surface area contributed by atoms with Crippen molar-refractivity contribution in [2.24, 2.45) is 0 Å². The molecule has 0 radical (unpaired) electrons. The van der Waals surface area contributed by atoms with Gasteiger partial charge in [0.1, 0.15) is 0 Å². The molecule has 0 spiro atoms. The third-order valence-corrected chi connectivity index (χ3v) is 16.0. The molecule has 3 nitrogen and oxygen atoms in total. The standard InChI is InChI=1S/C17H16NO2.C4H10S.Hg/c1-11-4-5-12(2)14(6-11)9-18-15(10-19)8-17-16(18)7-13(3)20-17;1-2-3-4-5;/h4-8H,9H2,1-3H3;5H,2-4H2,1H3;/q;;+1/p-1. The monoisotopic (exact) mass is 557 g/mol. The average Bonchev–Trinajstić information content (AvgIpc) is 3.12. The zero-order valence-electron chi connectivity index (χ0n) is 16.1.